The predicted molar refractivity (Wildman–Crippen MR) is 106 cm³/mol. The zero-order valence-electron chi connectivity index (χ0n) is 14.9. The number of hydrogen-bond acceptors (Lipinski definition) is 3. The average molecular weight is 345 g/mol. The van der Waals surface area contributed by atoms with E-state index in [2.05, 4.69) is 33.8 Å². The summed E-state index contributed by atoms with van der Waals surface area (Å²) < 4.78 is 0. The lowest BCUT2D eigenvalue weighted by Gasteiger charge is -2.09. The van der Waals surface area contributed by atoms with Crippen LogP contribution in [0.4, 0.5) is 11.4 Å². The number of nitrogens with one attached hydrogen (secondary N) is 2. The monoisotopic (exact) mass is 345 g/mol. The third-order valence-corrected chi connectivity index (χ3v) is 4.08. The molecule has 0 spiro atoms. The van der Waals surface area contributed by atoms with Crippen LogP contribution in [0.15, 0.2) is 73.1 Å². The smallest absolute Gasteiger partial charge is 0.252 e. The van der Waals surface area contributed by atoms with Gasteiger partial charge in [-0.1, -0.05) is 42.5 Å². The highest BCUT2D eigenvalue weighted by Crippen LogP contribution is 2.17. The van der Waals surface area contributed by atoms with E-state index in [-0.39, 0.29) is 5.91 Å². The zero-order chi connectivity index (χ0) is 18.2. The molecule has 1 aromatic heterocycles. The first kappa shape index (κ1) is 17.7. The molecule has 0 bridgehead atoms. The van der Waals surface area contributed by atoms with Crippen LogP contribution < -0.4 is 10.6 Å². The van der Waals surface area contributed by atoms with E-state index in [9.17, 15) is 4.79 Å². The summed E-state index contributed by atoms with van der Waals surface area (Å²) in [7, 11) is 0. The standard InChI is InChI=1S/C22H23N3O/c1-17-7-5-11-20(13-17)25-21-14-19(15-23-16-21)22(26)24-12-6-10-18-8-3-2-4-9-18/h2-5,7-9,11,13-16,25H,6,10,12H2,1H3,(H,24,26). The average Bonchev–Trinajstić information content (AvgIpc) is 2.66. The quantitative estimate of drug-likeness (QED) is 0.620. The number of rotatable bonds is 7. The van der Waals surface area contributed by atoms with Crippen molar-refractivity contribution in [2.24, 2.45) is 0 Å². The third kappa shape index (κ3) is 5.18. The molecule has 0 saturated heterocycles. The van der Waals surface area contributed by atoms with Crippen molar-refractivity contribution in [3.8, 4) is 0 Å². The van der Waals surface area contributed by atoms with Crippen LogP contribution in [0.3, 0.4) is 0 Å². The molecule has 4 heteroatoms. The molecule has 0 radical (unpaired) electrons. The molecular formula is C22H23N3O. The molecule has 1 heterocycles. The van der Waals surface area contributed by atoms with Crippen LogP contribution in [0.25, 0.3) is 0 Å². The van der Waals surface area contributed by atoms with E-state index in [1.807, 2.05) is 49.4 Å². The van der Waals surface area contributed by atoms with Gasteiger partial charge in [-0.15, -0.1) is 0 Å². The molecule has 2 aromatic carbocycles. The second-order valence-electron chi connectivity index (χ2n) is 6.30. The Bertz CT molecular complexity index is 862. The molecule has 26 heavy (non-hydrogen) atoms. The molecule has 4 nitrogen and oxygen atoms in total. The van der Waals surface area contributed by atoms with Gasteiger partial charge in [-0.25, -0.2) is 0 Å². The molecule has 1 amide bonds. The number of carbonyl (C=O) groups excluding carboxylic acids is 1. The molecule has 0 fully saturated rings. The number of aromatic nitrogens is 1. The van der Waals surface area contributed by atoms with Crippen LogP contribution in [0, 0.1) is 6.92 Å². The van der Waals surface area contributed by atoms with E-state index in [0.717, 1.165) is 24.2 Å². The van der Waals surface area contributed by atoms with Gasteiger partial charge in [0.05, 0.1) is 17.4 Å². The van der Waals surface area contributed by atoms with E-state index in [0.29, 0.717) is 12.1 Å². The Balaban J connectivity index is 1.53. The van der Waals surface area contributed by atoms with Crippen molar-refractivity contribution >= 4 is 17.3 Å². The predicted octanol–water partition coefficient (Wildman–Crippen LogP) is 4.50. The normalized spacial score (nSPS) is 10.3. The number of hydrogen-bond donors (Lipinski definition) is 2. The second kappa shape index (κ2) is 8.81. The fraction of sp³-hybridized carbons (Fsp3) is 0.182. The van der Waals surface area contributed by atoms with Crippen molar-refractivity contribution in [2.75, 3.05) is 11.9 Å². The molecule has 3 aromatic rings. The van der Waals surface area contributed by atoms with E-state index < -0.39 is 0 Å². The van der Waals surface area contributed by atoms with Crippen molar-refractivity contribution < 1.29 is 4.79 Å². The maximum Gasteiger partial charge on any atom is 0.252 e. The molecule has 132 valence electrons. The van der Waals surface area contributed by atoms with Gasteiger partial charge in [0.25, 0.3) is 5.91 Å². The third-order valence-electron chi connectivity index (χ3n) is 4.08. The van der Waals surface area contributed by atoms with Crippen LogP contribution in [0.5, 0.6) is 0 Å². The lowest BCUT2D eigenvalue weighted by atomic mass is 10.1. The number of anilines is 2. The van der Waals surface area contributed by atoms with Gasteiger partial charge in [-0.2, -0.15) is 0 Å². The maximum absolute atomic E-state index is 12.3. The molecule has 0 unspecified atom stereocenters. The highest BCUT2D eigenvalue weighted by atomic mass is 16.1. The van der Waals surface area contributed by atoms with Crippen molar-refractivity contribution in [1.29, 1.82) is 0 Å². The van der Waals surface area contributed by atoms with Crippen LogP contribution in [0.2, 0.25) is 0 Å². The lowest BCUT2D eigenvalue weighted by Crippen LogP contribution is -2.25. The topological polar surface area (TPSA) is 54.0 Å². The Hall–Kier alpha value is -3.14. The number of pyridine rings is 1. The van der Waals surface area contributed by atoms with E-state index in [1.54, 1.807) is 12.4 Å². The molecule has 2 N–H and O–H groups in total. The summed E-state index contributed by atoms with van der Waals surface area (Å²) >= 11 is 0. The number of benzene rings is 2. The van der Waals surface area contributed by atoms with Gasteiger partial charge < -0.3 is 10.6 Å². The van der Waals surface area contributed by atoms with Crippen molar-refractivity contribution in [3.05, 3.63) is 89.7 Å². The minimum Gasteiger partial charge on any atom is -0.354 e. The van der Waals surface area contributed by atoms with Gasteiger partial charge in [0.1, 0.15) is 0 Å². The maximum atomic E-state index is 12.3. The van der Waals surface area contributed by atoms with Crippen LogP contribution >= 0.6 is 0 Å². The molecule has 0 saturated carbocycles. The first-order valence-electron chi connectivity index (χ1n) is 8.81. The summed E-state index contributed by atoms with van der Waals surface area (Å²) in [6, 6.07) is 20.2. The van der Waals surface area contributed by atoms with E-state index >= 15 is 0 Å². The minimum atomic E-state index is -0.0987. The number of amides is 1. The Labute approximate surface area is 154 Å². The second-order valence-corrected chi connectivity index (χ2v) is 6.30. The summed E-state index contributed by atoms with van der Waals surface area (Å²) in [6.07, 6.45) is 5.17. The first-order valence-corrected chi connectivity index (χ1v) is 8.81. The number of nitrogens with zero attached hydrogens (tertiary/aromatic N) is 1. The number of carbonyl (C=O) groups is 1. The molecule has 0 aliphatic rings. The fourth-order valence-corrected chi connectivity index (χ4v) is 2.76. The fourth-order valence-electron chi connectivity index (χ4n) is 2.76. The minimum absolute atomic E-state index is 0.0987. The van der Waals surface area contributed by atoms with Gasteiger partial charge >= 0.3 is 0 Å². The Morgan fingerprint density at radius 2 is 1.81 bits per heavy atom. The van der Waals surface area contributed by atoms with Crippen molar-refractivity contribution in [3.63, 3.8) is 0 Å². The zero-order valence-corrected chi connectivity index (χ0v) is 14.9. The molecule has 3 rings (SSSR count). The van der Waals surface area contributed by atoms with E-state index in [1.165, 1.54) is 11.1 Å². The molecule has 0 aliphatic heterocycles. The summed E-state index contributed by atoms with van der Waals surface area (Å²) in [5.74, 6) is -0.0987. The van der Waals surface area contributed by atoms with Crippen molar-refractivity contribution in [2.45, 2.75) is 19.8 Å². The lowest BCUT2D eigenvalue weighted by molar-refractivity contribution is 0.0953. The molecular weight excluding hydrogens is 322 g/mol. The van der Waals surface area contributed by atoms with Gasteiger partial charge in [0, 0.05) is 18.4 Å². The molecule has 0 atom stereocenters. The van der Waals surface area contributed by atoms with Gasteiger partial charge in [0.15, 0.2) is 0 Å². The SMILES string of the molecule is Cc1cccc(Nc2cncc(C(=O)NCCCc3ccccc3)c2)c1. The highest BCUT2D eigenvalue weighted by Gasteiger charge is 2.07. The Kier molecular flexibility index (Phi) is 5.99. The summed E-state index contributed by atoms with van der Waals surface area (Å²) in [5, 5.41) is 6.25. The van der Waals surface area contributed by atoms with Gasteiger partial charge in [0.2, 0.25) is 0 Å². The Morgan fingerprint density at radius 1 is 0.962 bits per heavy atom. The first-order chi connectivity index (χ1) is 12.7. The molecule has 0 aliphatic carbocycles. The van der Waals surface area contributed by atoms with Gasteiger partial charge in [-0.3, -0.25) is 9.78 Å². The van der Waals surface area contributed by atoms with Gasteiger partial charge in [-0.05, 0) is 49.1 Å². The largest absolute Gasteiger partial charge is 0.354 e. The van der Waals surface area contributed by atoms with Crippen LogP contribution in [-0.4, -0.2) is 17.4 Å². The van der Waals surface area contributed by atoms with E-state index in [4.69, 9.17) is 0 Å². The van der Waals surface area contributed by atoms with Crippen LogP contribution in [0.1, 0.15) is 27.9 Å². The summed E-state index contributed by atoms with van der Waals surface area (Å²) in [5.41, 5.74) is 4.80. The van der Waals surface area contributed by atoms with Crippen molar-refractivity contribution in [1.82, 2.24) is 10.3 Å². The van der Waals surface area contributed by atoms with Crippen LogP contribution in [-0.2, 0) is 6.42 Å². The summed E-state index contributed by atoms with van der Waals surface area (Å²) in [6.45, 7) is 2.69. The highest BCUT2D eigenvalue weighted by molar-refractivity contribution is 5.94. The summed E-state index contributed by atoms with van der Waals surface area (Å²) in [4.78, 5) is 16.5. The Morgan fingerprint density at radius 3 is 2.62 bits per heavy atom. The number of aryl methyl sites for hydroxylation is 2.